The Kier molecular flexibility index (Phi) is 2.31. The lowest BCUT2D eigenvalue weighted by Gasteiger charge is -1.92. The van der Waals surface area contributed by atoms with E-state index in [2.05, 4.69) is 15.1 Å². The van der Waals surface area contributed by atoms with Crippen LogP contribution in [0, 0.1) is 11.6 Å². The Balaban J connectivity index is 2.12. The average molecular weight is 264 g/mol. The van der Waals surface area contributed by atoms with Crippen molar-refractivity contribution in [2.45, 2.75) is 0 Å². The molecule has 6 nitrogen and oxygen atoms in total. The second-order valence-electron chi connectivity index (χ2n) is 3.82. The monoisotopic (exact) mass is 264 g/mol. The minimum absolute atomic E-state index is 0.0159. The molecule has 0 atom stereocenters. The van der Waals surface area contributed by atoms with Gasteiger partial charge in [-0.1, -0.05) is 0 Å². The van der Waals surface area contributed by atoms with Crippen molar-refractivity contribution in [3.05, 3.63) is 41.7 Å². The van der Waals surface area contributed by atoms with E-state index < -0.39 is 17.6 Å². The highest BCUT2D eigenvalue weighted by atomic mass is 19.2. The zero-order chi connectivity index (χ0) is 13.6. The molecule has 3 rings (SSSR count). The van der Waals surface area contributed by atoms with Gasteiger partial charge in [0.05, 0.1) is 22.8 Å². The van der Waals surface area contributed by atoms with Crippen LogP contribution in [-0.4, -0.2) is 30.8 Å². The topological polar surface area (TPSA) is 83.8 Å². The summed E-state index contributed by atoms with van der Waals surface area (Å²) in [5.41, 5.74) is 0.500. The van der Waals surface area contributed by atoms with Crippen LogP contribution in [0.3, 0.4) is 0 Å². The predicted molar refractivity (Wildman–Crippen MR) is 60.1 cm³/mol. The van der Waals surface area contributed by atoms with Gasteiger partial charge in [-0.2, -0.15) is 5.10 Å². The highest BCUT2D eigenvalue weighted by Gasteiger charge is 2.12. The molecule has 96 valence electrons. The lowest BCUT2D eigenvalue weighted by atomic mass is 10.3. The second-order valence-corrected chi connectivity index (χ2v) is 3.82. The Morgan fingerprint density at radius 1 is 1.32 bits per heavy atom. The first-order valence-corrected chi connectivity index (χ1v) is 5.17. The minimum Gasteiger partial charge on any atom is -0.478 e. The molecule has 1 aromatic carbocycles. The van der Waals surface area contributed by atoms with E-state index in [0.29, 0.717) is 5.52 Å². The number of rotatable bonds is 2. The third-order valence-electron chi connectivity index (χ3n) is 2.56. The van der Waals surface area contributed by atoms with Crippen LogP contribution in [0.1, 0.15) is 10.4 Å². The smallest absolute Gasteiger partial charge is 0.338 e. The van der Waals surface area contributed by atoms with Crippen molar-refractivity contribution in [2.75, 3.05) is 0 Å². The first kappa shape index (κ1) is 11.3. The number of nitrogens with zero attached hydrogens (tertiary/aromatic N) is 3. The van der Waals surface area contributed by atoms with E-state index in [1.165, 1.54) is 10.9 Å². The van der Waals surface area contributed by atoms with Crippen molar-refractivity contribution in [1.29, 1.82) is 0 Å². The molecule has 0 saturated heterocycles. The second kappa shape index (κ2) is 3.87. The summed E-state index contributed by atoms with van der Waals surface area (Å²) in [6.45, 7) is 0. The number of imidazole rings is 1. The van der Waals surface area contributed by atoms with Gasteiger partial charge in [0.1, 0.15) is 0 Å². The molecular weight excluding hydrogens is 258 g/mol. The van der Waals surface area contributed by atoms with E-state index in [9.17, 15) is 13.6 Å². The maximum atomic E-state index is 13.0. The molecule has 2 heterocycles. The van der Waals surface area contributed by atoms with Gasteiger partial charge >= 0.3 is 5.97 Å². The molecule has 0 aliphatic rings. The summed E-state index contributed by atoms with van der Waals surface area (Å²) in [6, 6.07) is 1.93. The van der Waals surface area contributed by atoms with Crippen LogP contribution in [0.25, 0.3) is 17.0 Å². The van der Waals surface area contributed by atoms with Crippen LogP contribution in [-0.2, 0) is 0 Å². The van der Waals surface area contributed by atoms with E-state index in [1.807, 2.05) is 0 Å². The summed E-state index contributed by atoms with van der Waals surface area (Å²) in [4.78, 5) is 17.4. The summed E-state index contributed by atoms with van der Waals surface area (Å²) < 4.78 is 27.3. The molecule has 0 radical (unpaired) electrons. The predicted octanol–water partition coefficient (Wildman–Crippen LogP) is 1.72. The van der Waals surface area contributed by atoms with Gasteiger partial charge in [-0.3, -0.25) is 0 Å². The molecule has 0 fully saturated rings. The molecule has 2 aromatic heterocycles. The van der Waals surface area contributed by atoms with Crippen LogP contribution in [0.15, 0.2) is 24.5 Å². The fourth-order valence-electron chi connectivity index (χ4n) is 1.65. The third-order valence-corrected chi connectivity index (χ3v) is 2.56. The Morgan fingerprint density at radius 3 is 2.74 bits per heavy atom. The number of halogens is 2. The number of fused-ring (bicyclic) bond motifs is 1. The maximum absolute atomic E-state index is 13.0. The molecule has 0 unspecified atom stereocenters. The molecule has 19 heavy (non-hydrogen) atoms. The number of carboxylic acid groups (broad SMARTS) is 1. The van der Waals surface area contributed by atoms with E-state index in [-0.39, 0.29) is 17.0 Å². The highest BCUT2D eigenvalue weighted by Crippen LogP contribution is 2.17. The van der Waals surface area contributed by atoms with Gasteiger partial charge in [-0.15, -0.1) is 0 Å². The summed E-state index contributed by atoms with van der Waals surface area (Å²) in [5, 5.41) is 12.6. The summed E-state index contributed by atoms with van der Waals surface area (Å²) in [6.07, 6.45) is 2.39. The first-order chi connectivity index (χ1) is 9.04. The van der Waals surface area contributed by atoms with Gasteiger partial charge in [-0.25, -0.2) is 23.2 Å². The number of aromatic carboxylic acids is 1. The number of hydrogen-bond acceptors (Lipinski definition) is 3. The molecule has 8 heteroatoms. The van der Waals surface area contributed by atoms with Gasteiger partial charge in [0.25, 0.3) is 0 Å². The Morgan fingerprint density at radius 2 is 2.05 bits per heavy atom. The first-order valence-electron chi connectivity index (χ1n) is 5.17. The van der Waals surface area contributed by atoms with Crippen LogP contribution in [0.2, 0.25) is 0 Å². The number of benzene rings is 1. The number of nitrogens with one attached hydrogen (secondary N) is 1. The normalized spacial score (nSPS) is 11.1. The molecule has 0 aliphatic heterocycles. The number of carbonyl (C=O) groups is 1. The zero-order valence-electron chi connectivity index (χ0n) is 9.26. The molecule has 0 spiro atoms. The summed E-state index contributed by atoms with van der Waals surface area (Å²) >= 11 is 0. The van der Waals surface area contributed by atoms with Crippen molar-refractivity contribution in [3.63, 3.8) is 0 Å². The van der Waals surface area contributed by atoms with Gasteiger partial charge in [-0.05, 0) is 0 Å². The number of hydrogen-bond donors (Lipinski definition) is 2. The maximum Gasteiger partial charge on any atom is 0.338 e. The van der Waals surface area contributed by atoms with Crippen molar-refractivity contribution in [2.24, 2.45) is 0 Å². The molecule has 2 N–H and O–H groups in total. The van der Waals surface area contributed by atoms with Crippen molar-refractivity contribution in [1.82, 2.24) is 19.7 Å². The standard InChI is InChI=1S/C11H6F2N4O2/c12-6-1-8-9(2-7(6)13)16-11(15-8)17-4-5(3-14-17)10(18)19/h1-4H,(H,15,16)(H,18,19). The van der Waals surface area contributed by atoms with Crippen LogP contribution in [0.4, 0.5) is 8.78 Å². The largest absolute Gasteiger partial charge is 0.478 e. The lowest BCUT2D eigenvalue weighted by molar-refractivity contribution is 0.0697. The quantitative estimate of drug-likeness (QED) is 0.738. The van der Waals surface area contributed by atoms with E-state index in [4.69, 9.17) is 5.11 Å². The molecule has 0 bridgehead atoms. The number of H-pyrrole nitrogens is 1. The third kappa shape index (κ3) is 1.82. The van der Waals surface area contributed by atoms with Crippen molar-refractivity contribution >= 4 is 17.0 Å². The van der Waals surface area contributed by atoms with Crippen molar-refractivity contribution in [3.8, 4) is 5.95 Å². The molecule has 3 aromatic rings. The number of aromatic amines is 1. The summed E-state index contributed by atoms with van der Waals surface area (Å²) in [5.74, 6) is -2.95. The minimum atomic E-state index is -1.13. The van der Waals surface area contributed by atoms with Gasteiger partial charge in [0, 0.05) is 18.3 Å². The molecule has 0 amide bonds. The Hall–Kier alpha value is -2.77. The highest BCUT2D eigenvalue weighted by molar-refractivity contribution is 5.87. The van der Waals surface area contributed by atoms with Gasteiger partial charge < -0.3 is 10.1 Å². The van der Waals surface area contributed by atoms with Crippen LogP contribution in [0.5, 0.6) is 0 Å². The Bertz CT molecular complexity index is 754. The van der Waals surface area contributed by atoms with E-state index in [0.717, 1.165) is 18.3 Å². The molecule has 0 aliphatic carbocycles. The zero-order valence-corrected chi connectivity index (χ0v) is 9.26. The SMILES string of the molecule is O=C(O)c1cnn(-c2nc3cc(F)c(F)cc3[nH]2)c1. The molecular formula is C11H6F2N4O2. The number of aromatic nitrogens is 4. The van der Waals surface area contributed by atoms with E-state index >= 15 is 0 Å². The van der Waals surface area contributed by atoms with E-state index in [1.54, 1.807) is 0 Å². The average Bonchev–Trinajstić information content (AvgIpc) is 2.95. The van der Waals surface area contributed by atoms with Crippen molar-refractivity contribution < 1.29 is 18.7 Å². The fraction of sp³-hybridized carbons (Fsp3) is 0. The fourth-order valence-corrected chi connectivity index (χ4v) is 1.65. The van der Waals surface area contributed by atoms with Crippen LogP contribution < -0.4 is 0 Å². The van der Waals surface area contributed by atoms with Gasteiger partial charge in [0.15, 0.2) is 11.6 Å². The number of carboxylic acids is 1. The van der Waals surface area contributed by atoms with Crippen LogP contribution >= 0.6 is 0 Å². The Labute approximate surface area is 104 Å². The molecule has 0 saturated carbocycles. The lowest BCUT2D eigenvalue weighted by Crippen LogP contribution is -1.97. The summed E-state index contributed by atoms with van der Waals surface area (Å²) in [7, 11) is 0. The van der Waals surface area contributed by atoms with Gasteiger partial charge in [0.2, 0.25) is 5.95 Å².